The molecule has 15 heteroatoms. The summed E-state index contributed by atoms with van der Waals surface area (Å²) in [4.78, 5) is 55.2. The summed E-state index contributed by atoms with van der Waals surface area (Å²) in [6, 6.07) is 5.30. The molecule has 1 aliphatic rings. The zero-order chi connectivity index (χ0) is 29.9. The van der Waals surface area contributed by atoms with Gasteiger partial charge in [0.2, 0.25) is 5.91 Å². The highest BCUT2D eigenvalue weighted by molar-refractivity contribution is 9.10. The Morgan fingerprint density at radius 2 is 1.95 bits per heavy atom. The number of sulfone groups is 1. The maximum absolute atomic E-state index is 12.8. The number of methoxy groups -OCH3 is 1. The van der Waals surface area contributed by atoms with E-state index in [9.17, 15) is 27.6 Å². The van der Waals surface area contributed by atoms with Crippen LogP contribution < -0.4 is 10.1 Å². The lowest BCUT2D eigenvalue weighted by Gasteiger charge is -2.18. The predicted octanol–water partition coefficient (Wildman–Crippen LogP) is 3.48. The minimum atomic E-state index is -4.22. The molecular weight excluding hydrogens is 658 g/mol. The van der Waals surface area contributed by atoms with Crippen molar-refractivity contribution in [3.05, 3.63) is 43.5 Å². The van der Waals surface area contributed by atoms with Crippen LogP contribution in [0.4, 0.5) is 5.00 Å². The molecule has 41 heavy (non-hydrogen) atoms. The van der Waals surface area contributed by atoms with E-state index in [0.717, 1.165) is 39.1 Å². The fraction of sp³-hybridized carbons (Fsp3) is 0.423. The Morgan fingerprint density at radius 3 is 2.66 bits per heavy atom. The van der Waals surface area contributed by atoms with Gasteiger partial charge in [0.05, 0.1) is 29.5 Å². The van der Waals surface area contributed by atoms with Crippen molar-refractivity contribution in [2.24, 2.45) is 10.9 Å². The van der Waals surface area contributed by atoms with Gasteiger partial charge in [-0.1, -0.05) is 34.2 Å². The Bertz CT molecular complexity index is 1700. The van der Waals surface area contributed by atoms with E-state index in [4.69, 9.17) is 9.47 Å². The number of benzene rings is 1. The van der Waals surface area contributed by atoms with E-state index in [-0.39, 0.29) is 28.5 Å². The Balaban J connectivity index is 1.53. The molecule has 220 valence electrons. The minimum Gasteiger partial charge on any atom is -0.465 e. The number of esters is 2. The van der Waals surface area contributed by atoms with Crippen molar-refractivity contribution in [1.82, 2.24) is 4.57 Å². The molecule has 1 aliphatic carbocycles. The van der Waals surface area contributed by atoms with Crippen molar-refractivity contribution in [1.29, 1.82) is 0 Å². The van der Waals surface area contributed by atoms with E-state index in [2.05, 4.69) is 33.2 Å². The van der Waals surface area contributed by atoms with Gasteiger partial charge in [-0.15, -0.1) is 11.3 Å². The summed E-state index contributed by atoms with van der Waals surface area (Å²) in [5.41, 5.74) is 1.69. The van der Waals surface area contributed by atoms with Gasteiger partial charge in [-0.3, -0.25) is 14.4 Å². The van der Waals surface area contributed by atoms with Crippen LogP contribution in [0.15, 0.2) is 27.7 Å². The maximum atomic E-state index is 12.8. The molecule has 1 unspecified atom stereocenters. The van der Waals surface area contributed by atoms with Crippen molar-refractivity contribution >= 4 is 87.4 Å². The number of carbonyl (C=O) groups excluding carboxylic acids is 4. The van der Waals surface area contributed by atoms with E-state index in [1.807, 2.05) is 0 Å². The zero-order valence-corrected chi connectivity index (χ0v) is 26.6. The van der Waals surface area contributed by atoms with Gasteiger partial charge >= 0.3 is 11.9 Å². The molecule has 0 saturated heterocycles. The zero-order valence-electron chi connectivity index (χ0n) is 22.5. The van der Waals surface area contributed by atoms with Gasteiger partial charge in [0.1, 0.15) is 23.1 Å². The summed E-state index contributed by atoms with van der Waals surface area (Å²) in [5.74, 6) is -4.57. The van der Waals surface area contributed by atoms with Crippen molar-refractivity contribution in [2.45, 2.75) is 39.7 Å². The number of rotatable bonds is 9. The second kappa shape index (κ2) is 13.0. The van der Waals surface area contributed by atoms with Gasteiger partial charge in [-0.25, -0.2) is 13.2 Å². The number of carbonyl (C=O) groups is 4. The lowest BCUT2D eigenvalue weighted by atomic mass is 9.88. The number of amides is 2. The van der Waals surface area contributed by atoms with E-state index >= 15 is 0 Å². The number of thiophene rings is 1. The Kier molecular flexibility index (Phi) is 9.82. The first-order valence-corrected chi connectivity index (χ1v) is 16.9. The van der Waals surface area contributed by atoms with Gasteiger partial charge in [0, 0.05) is 9.35 Å². The molecule has 0 bridgehead atoms. The summed E-state index contributed by atoms with van der Waals surface area (Å²) < 4.78 is 38.5. The highest BCUT2D eigenvalue weighted by Gasteiger charge is 2.30. The minimum absolute atomic E-state index is 0.122. The molecule has 1 atom stereocenters. The summed E-state index contributed by atoms with van der Waals surface area (Å²) in [5, 5.41) is 2.78. The largest absolute Gasteiger partial charge is 0.465 e. The van der Waals surface area contributed by atoms with Crippen molar-refractivity contribution in [3.8, 4) is 0 Å². The topological polar surface area (TPSA) is 150 Å². The Hall–Kier alpha value is -2.88. The van der Waals surface area contributed by atoms with Gasteiger partial charge in [-0.2, -0.15) is 4.99 Å². The van der Waals surface area contributed by atoms with Crippen LogP contribution in [0.1, 0.15) is 41.1 Å². The average Bonchev–Trinajstić information content (AvgIpc) is 3.38. The van der Waals surface area contributed by atoms with Crippen LogP contribution in [0.5, 0.6) is 0 Å². The molecule has 0 radical (unpaired) electrons. The Morgan fingerprint density at radius 1 is 1.20 bits per heavy atom. The second-order valence-electron chi connectivity index (χ2n) is 9.52. The lowest BCUT2D eigenvalue weighted by molar-refractivity contribution is -0.143. The highest BCUT2D eigenvalue weighted by Crippen LogP contribution is 2.40. The number of nitrogens with zero attached hydrogens (tertiary/aromatic N) is 2. The fourth-order valence-corrected chi connectivity index (χ4v) is 8.55. The van der Waals surface area contributed by atoms with Crippen LogP contribution in [0.2, 0.25) is 0 Å². The molecular formula is C26H28BrN3O8S3. The molecule has 2 aromatic heterocycles. The number of aromatic nitrogens is 1. The summed E-state index contributed by atoms with van der Waals surface area (Å²) in [6.07, 6.45) is 2.30. The van der Waals surface area contributed by atoms with Crippen LogP contribution in [0, 0.1) is 5.92 Å². The number of anilines is 1. The van der Waals surface area contributed by atoms with Crippen LogP contribution in [-0.4, -0.2) is 62.0 Å². The quantitative estimate of drug-likeness (QED) is 0.337. The standard InChI is InChI=1S/C26H28BrN3O8S3/c1-4-38-22(33)11-30-17-8-6-15(27)10-19(17)40-26(30)29-21(32)13-41(35,36)12-20(31)28-24-23(25(34)37-3)16-7-5-14(2)9-18(16)39-24/h6,8,10,14H,4-5,7,9,11-13H2,1-3H3,(H,28,31). The predicted molar refractivity (Wildman–Crippen MR) is 159 cm³/mol. The van der Waals surface area contributed by atoms with Crippen LogP contribution >= 0.6 is 38.6 Å². The third kappa shape index (κ3) is 7.50. The molecule has 2 amide bonds. The fourth-order valence-electron chi connectivity index (χ4n) is 4.52. The number of hydrogen-bond acceptors (Lipinski definition) is 10. The molecule has 1 N–H and O–H groups in total. The summed E-state index contributed by atoms with van der Waals surface area (Å²) in [6.45, 7) is 3.73. The van der Waals surface area contributed by atoms with Gasteiger partial charge in [0.25, 0.3) is 5.91 Å². The normalized spacial score (nSPS) is 15.4. The van der Waals surface area contributed by atoms with Crippen LogP contribution in [0.3, 0.4) is 0 Å². The van der Waals surface area contributed by atoms with Gasteiger partial charge in [0.15, 0.2) is 14.6 Å². The second-order valence-corrected chi connectivity index (χ2v) is 14.6. The van der Waals surface area contributed by atoms with Gasteiger partial charge < -0.3 is 19.4 Å². The number of fused-ring (bicyclic) bond motifs is 2. The number of nitrogens with one attached hydrogen (secondary N) is 1. The third-order valence-electron chi connectivity index (χ3n) is 6.31. The molecule has 1 aromatic carbocycles. The summed E-state index contributed by atoms with van der Waals surface area (Å²) >= 11 is 5.73. The summed E-state index contributed by atoms with van der Waals surface area (Å²) in [7, 11) is -2.98. The monoisotopic (exact) mass is 685 g/mol. The highest BCUT2D eigenvalue weighted by atomic mass is 79.9. The average molecular weight is 687 g/mol. The van der Waals surface area contributed by atoms with Crippen molar-refractivity contribution in [3.63, 3.8) is 0 Å². The van der Waals surface area contributed by atoms with Crippen molar-refractivity contribution in [2.75, 3.05) is 30.5 Å². The van der Waals surface area contributed by atoms with Crippen molar-refractivity contribution < 1.29 is 37.1 Å². The van der Waals surface area contributed by atoms with E-state index < -0.39 is 45.1 Å². The van der Waals surface area contributed by atoms with E-state index in [1.54, 1.807) is 25.1 Å². The number of ether oxygens (including phenoxy) is 2. The Labute approximate surface area is 252 Å². The molecule has 0 aliphatic heterocycles. The first-order chi connectivity index (χ1) is 19.4. The van der Waals surface area contributed by atoms with Crippen LogP contribution in [-0.2, 0) is 53.1 Å². The molecule has 0 saturated carbocycles. The SMILES string of the molecule is CCOC(=O)Cn1c(=NC(=O)CS(=O)(=O)CC(=O)Nc2sc3c(c2C(=O)OC)CCC(C)C3)sc2cc(Br)ccc21. The van der Waals surface area contributed by atoms with Crippen LogP contribution in [0.25, 0.3) is 10.2 Å². The lowest BCUT2D eigenvalue weighted by Crippen LogP contribution is -2.29. The molecule has 11 nitrogen and oxygen atoms in total. The number of hydrogen-bond donors (Lipinski definition) is 1. The molecule has 0 spiro atoms. The number of halogens is 1. The van der Waals surface area contributed by atoms with E-state index in [1.165, 1.54) is 23.0 Å². The van der Waals surface area contributed by atoms with E-state index in [0.29, 0.717) is 22.6 Å². The number of thiazole rings is 1. The molecule has 3 aromatic rings. The third-order valence-corrected chi connectivity index (χ3v) is 10.4. The molecule has 2 heterocycles. The smallest absolute Gasteiger partial charge is 0.341 e. The first-order valence-electron chi connectivity index (χ1n) is 12.7. The van der Waals surface area contributed by atoms with Gasteiger partial charge in [-0.05, 0) is 55.9 Å². The molecule has 0 fully saturated rings. The molecule has 4 rings (SSSR count). The maximum Gasteiger partial charge on any atom is 0.341 e. The first kappa shape index (κ1) is 31.1.